The number of amides is 3. The number of imidazole rings is 1. The summed E-state index contributed by atoms with van der Waals surface area (Å²) >= 11 is 1.28. The van der Waals surface area contributed by atoms with Gasteiger partial charge in [-0.15, -0.1) is 0 Å². The van der Waals surface area contributed by atoms with E-state index in [0.29, 0.717) is 5.16 Å². The summed E-state index contributed by atoms with van der Waals surface area (Å²) in [6.07, 6.45) is 0. The third kappa shape index (κ3) is 3.30. The van der Waals surface area contributed by atoms with Gasteiger partial charge >= 0.3 is 6.03 Å². The van der Waals surface area contributed by atoms with Crippen LogP contribution in [0, 0.1) is 6.92 Å². The van der Waals surface area contributed by atoms with E-state index in [1.54, 1.807) is 6.92 Å². The number of hydrogen-bond acceptors (Lipinski definition) is 4. The van der Waals surface area contributed by atoms with Crippen LogP contribution in [0.4, 0.5) is 4.79 Å². The largest absolute Gasteiger partial charge is 0.341 e. The average Bonchev–Trinajstić information content (AvgIpc) is 2.79. The first kappa shape index (κ1) is 14.4. The van der Waals surface area contributed by atoms with Gasteiger partial charge in [-0.3, -0.25) is 10.1 Å². The van der Waals surface area contributed by atoms with Crippen LogP contribution >= 0.6 is 11.8 Å². The molecule has 0 fully saturated rings. The Morgan fingerprint density at radius 2 is 2.15 bits per heavy atom. The van der Waals surface area contributed by atoms with E-state index in [0.717, 1.165) is 16.6 Å². The van der Waals surface area contributed by atoms with Crippen molar-refractivity contribution in [2.75, 3.05) is 7.05 Å². The third-order valence-corrected chi connectivity index (χ3v) is 3.72. The highest BCUT2D eigenvalue weighted by Gasteiger charge is 2.18. The summed E-state index contributed by atoms with van der Waals surface area (Å²) < 4.78 is 0. The van der Waals surface area contributed by atoms with Gasteiger partial charge in [0.15, 0.2) is 5.16 Å². The molecule has 0 saturated heterocycles. The van der Waals surface area contributed by atoms with Crippen LogP contribution in [0.2, 0.25) is 0 Å². The number of aromatic nitrogens is 2. The molecule has 20 heavy (non-hydrogen) atoms. The predicted octanol–water partition coefficient (Wildman–Crippen LogP) is 1.81. The van der Waals surface area contributed by atoms with Crippen molar-refractivity contribution in [3.05, 3.63) is 23.8 Å². The average molecular weight is 292 g/mol. The van der Waals surface area contributed by atoms with Crippen molar-refractivity contribution < 1.29 is 9.59 Å². The number of hydrogen-bond donors (Lipinski definition) is 3. The van der Waals surface area contributed by atoms with Gasteiger partial charge in [-0.2, -0.15) is 0 Å². The number of aryl methyl sites for hydroxylation is 1. The van der Waals surface area contributed by atoms with Crippen LogP contribution in [-0.2, 0) is 4.79 Å². The number of aromatic amines is 1. The minimum absolute atomic E-state index is 0.356. The fraction of sp³-hybridized carbons (Fsp3) is 0.308. The Hall–Kier alpha value is -2.02. The number of nitrogens with zero attached hydrogens (tertiary/aromatic N) is 1. The van der Waals surface area contributed by atoms with Gasteiger partial charge in [0.2, 0.25) is 5.91 Å². The fourth-order valence-corrected chi connectivity index (χ4v) is 2.47. The molecule has 1 aromatic heterocycles. The maximum absolute atomic E-state index is 11.8. The van der Waals surface area contributed by atoms with Gasteiger partial charge in [0.1, 0.15) is 0 Å². The lowest BCUT2D eigenvalue weighted by molar-refractivity contribution is -0.119. The second-order valence-electron chi connectivity index (χ2n) is 4.39. The second kappa shape index (κ2) is 5.96. The van der Waals surface area contributed by atoms with Crippen molar-refractivity contribution in [3.8, 4) is 0 Å². The first-order valence-corrected chi connectivity index (χ1v) is 7.03. The minimum atomic E-state index is -0.511. The van der Waals surface area contributed by atoms with Crippen LogP contribution in [0.15, 0.2) is 23.4 Å². The number of benzene rings is 1. The molecule has 0 bridgehead atoms. The lowest BCUT2D eigenvalue weighted by Crippen LogP contribution is -2.41. The molecule has 2 aromatic rings. The maximum atomic E-state index is 11.8. The Kier molecular flexibility index (Phi) is 4.29. The molecular weight excluding hydrogens is 276 g/mol. The van der Waals surface area contributed by atoms with Gasteiger partial charge in [-0.1, -0.05) is 17.8 Å². The van der Waals surface area contributed by atoms with Crippen molar-refractivity contribution in [1.82, 2.24) is 20.6 Å². The summed E-state index contributed by atoms with van der Waals surface area (Å²) in [5.74, 6) is -0.356. The SMILES string of the molecule is CNC(=O)NC(=O)C(C)Sc1nc2ccc(C)cc2[nH]1. The van der Waals surface area contributed by atoms with Crippen LogP contribution in [0.3, 0.4) is 0 Å². The number of carbonyl (C=O) groups excluding carboxylic acids is 2. The van der Waals surface area contributed by atoms with Gasteiger partial charge < -0.3 is 10.3 Å². The van der Waals surface area contributed by atoms with Crippen LogP contribution in [0.25, 0.3) is 11.0 Å². The number of fused-ring (bicyclic) bond motifs is 1. The summed E-state index contributed by atoms with van der Waals surface area (Å²) in [7, 11) is 1.46. The molecule has 0 saturated carbocycles. The number of nitrogens with one attached hydrogen (secondary N) is 3. The minimum Gasteiger partial charge on any atom is -0.341 e. The van der Waals surface area contributed by atoms with Crippen LogP contribution in [-0.4, -0.2) is 34.2 Å². The normalized spacial score (nSPS) is 12.2. The van der Waals surface area contributed by atoms with Gasteiger partial charge in [0, 0.05) is 7.05 Å². The van der Waals surface area contributed by atoms with Gasteiger partial charge in [0.25, 0.3) is 0 Å². The van der Waals surface area contributed by atoms with Gasteiger partial charge in [-0.05, 0) is 31.5 Å². The fourth-order valence-electron chi connectivity index (χ4n) is 1.65. The first-order chi connectivity index (χ1) is 9.49. The molecule has 1 aromatic carbocycles. The molecule has 0 spiro atoms. The molecule has 0 aliphatic rings. The standard InChI is InChI=1S/C13H16N4O2S/c1-7-4-5-9-10(6-7)16-13(15-9)20-8(2)11(18)17-12(19)14-3/h4-6,8H,1-3H3,(H,15,16)(H2,14,17,18,19). The van der Waals surface area contributed by atoms with E-state index in [1.807, 2.05) is 25.1 Å². The number of thioether (sulfide) groups is 1. The van der Waals surface area contributed by atoms with Crippen molar-refractivity contribution in [3.63, 3.8) is 0 Å². The number of imide groups is 1. The molecule has 1 heterocycles. The first-order valence-electron chi connectivity index (χ1n) is 6.15. The van der Waals surface area contributed by atoms with Crippen LogP contribution < -0.4 is 10.6 Å². The van der Waals surface area contributed by atoms with Crippen molar-refractivity contribution in [2.45, 2.75) is 24.3 Å². The number of urea groups is 1. The molecule has 3 amide bonds. The van der Waals surface area contributed by atoms with E-state index < -0.39 is 11.3 Å². The lowest BCUT2D eigenvalue weighted by atomic mass is 10.2. The Labute approximate surface area is 120 Å². The molecular formula is C13H16N4O2S. The highest BCUT2D eigenvalue weighted by molar-refractivity contribution is 8.00. The highest BCUT2D eigenvalue weighted by Crippen LogP contribution is 2.23. The highest BCUT2D eigenvalue weighted by atomic mass is 32.2. The van der Waals surface area contributed by atoms with E-state index in [2.05, 4.69) is 20.6 Å². The maximum Gasteiger partial charge on any atom is 0.321 e. The summed E-state index contributed by atoms with van der Waals surface area (Å²) in [5, 5.41) is 4.82. The Morgan fingerprint density at radius 3 is 2.85 bits per heavy atom. The quantitative estimate of drug-likeness (QED) is 0.753. The zero-order chi connectivity index (χ0) is 14.7. The van der Waals surface area contributed by atoms with Crippen LogP contribution in [0.5, 0.6) is 0 Å². The van der Waals surface area contributed by atoms with Gasteiger partial charge in [-0.25, -0.2) is 9.78 Å². The molecule has 1 unspecified atom stereocenters. The van der Waals surface area contributed by atoms with Crippen LogP contribution in [0.1, 0.15) is 12.5 Å². The van der Waals surface area contributed by atoms with E-state index >= 15 is 0 Å². The third-order valence-electron chi connectivity index (χ3n) is 2.74. The van der Waals surface area contributed by atoms with E-state index in [1.165, 1.54) is 18.8 Å². The molecule has 6 nitrogen and oxygen atoms in total. The monoisotopic (exact) mass is 292 g/mol. The molecule has 1 atom stereocenters. The summed E-state index contributed by atoms with van der Waals surface area (Å²) in [6.45, 7) is 3.73. The summed E-state index contributed by atoms with van der Waals surface area (Å²) in [6, 6.07) is 5.41. The lowest BCUT2D eigenvalue weighted by Gasteiger charge is -2.08. The molecule has 0 aliphatic heterocycles. The molecule has 2 rings (SSSR count). The Balaban J connectivity index is 2.07. The molecule has 7 heteroatoms. The topological polar surface area (TPSA) is 86.9 Å². The Bertz CT molecular complexity index is 653. The molecule has 0 aliphatic carbocycles. The number of carbonyl (C=O) groups is 2. The van der Waals surface area contributed by atoms with E-state index in [4.69, 9.17) is 0 Å². The van der Waals surface area contributed by atoms with E-state index in [9.17, 15) is 9.59 Å². The predicted molar refractivity (Wildman–Crippen MR) is 78.7 cm³/mol. The summed E-state index contributed by atoms with van der Waals surface area (Å²) in [5.41, 5.74) is 2.94. The van der Waals surface area contributed by atoms with E-state index in [-0.39, 0.29) is 5.91 Å². The second-order valence-corrected chi connectivity index (χ2v) is 5.72. The smallest absolute Gasteiger partial charge is 0.321 e. The molecule has 106 valence electrons. The zero-order valence-electron chi connectivity index (χ0n) is 11.5. The molecule has 0 radical (unpaired) electrons. The Morgan fingerprint density at radius 1 is 1.40 bits per heavy atom. The zero-order valence-corrected chi connectivity index (χ0v) is 12.3. The number of rotatable bonds is 3. The number of H-pyrrole nitrogens is 1. The van der Waals surface area contributed by atoms with Gasteiger partial charge in [0.05, 0.1) is 16.3 Å². The van der Waals surface area contributed by atoms with Crippen molar-refractivity contribution in [2.24, 2.45) is 0 Å². The summed E-state index contributed by atoms with van der Waals surface area (Å²) in [4.78, 5) is 30.4. The molecule has 3 N–H and O–H groups in total. The van der Waals surface area contributed by atoms with Crippen molar-refractivity contribution >= 4 is 34.7 Å². The van der Waals surface area contributed by atoms with Crippen molar-refractivity contribution in [1.29, 1.82) is 0 Å².